The number of hydrogen-bond donors (Lipinski definition) is 1. The molecule has 1 saturated heterocycles. The summed E-state index contributed by atoms with van der Waals surface area (Å²) in [5.41, 5.74) is 3.68. The van der Waals surface area contributed by atoms with E-state index in [1.165, 1.54) is 23.5 Å². The molecule has 202 valence electrons. The number of amides is 1. The summed E-state index contributed by atoms with van der Waals surface area (Å²) in [5, 5.41) is 5.37. The van der Waals surface area contributed by atoms with Crippen molar-refractivity contribution in [3.63, 3.8) is 0 Å². The summed E-state index contributed by atoms with van der Waals surface area (Å²) in [4.78, 5) is 24.9. The predicted molar refractivity (Wildman–Crippen MR) is 150 cm³/mol. The van der Waals surface area contributed by atoms with Crippen molar-refractivity contribution in [2.24, 2.45) is 0 Å². The Kier molecular flexibility index (Phi) is 8.03. The first-order valence-corrected chi connectivity index (χ1v) is 15.1. The monoisotopic (exact) mass is 564 g/mol. The third-order valence-electron chi connectivity index (χ3n) is 6.20. The van der Waals surface area contributed by atoms with Gasteiger partial charge in [-0.05, 0) is 61.0 Å². The van der Waals surface area contributed by atoms with E-state index in [2.05, 4.69) is 20.2 Å². The average Bonchev–Trinajstić information content (AvgIpc) is 3.35. The van der Waals surface area contributed by atoms with Crippen LogP contribution in [0.4, 0.5) is 5.13 Å². The molecule has 0 atom stereocenters. The molecule has 1 amide bonds. The highest BCUT2D eigenvalue weighted by Gasteiger charge is 2.17. The molecule has 0 bridgehead atoms. The zero-order valence-corrected chi connectivity index (χ0v) is 23.2. The van der Waals surface area contributed by atoms with Crippen molar-refractivity contribution in [1.29, 1.82) is 0 Å². The van der Waals surface area contributed by atoms with Crippen molar-refractivity contribution in [2.75, 3.05) is 37.9 Å². The zero-order chi connectivity index (χ0) is 27.4. The van der Waals surface area contributed by atoms with Gasteiger partial charge in [0.1, 0.15) is 11.5 Å². The van der Waals surface area contributed by atoms with Gasteiger partial charge in [0.25, 0.3) is 5.91 Å². The van der Waals surface area contributed by atoms with E-state index >= 15 is 0 Å². The predicted octanol–water partition coefficient (Wildman–Crippen LogP) is 4.79. The molecule has 1 aliphatic rings. The Morgan fingerprint density at radius 2 is 1.87 bits per heavy atom. The Hall–Kier alpha value is -3.64. The van der Waals surface area contributed by atoms with E-state index in [1.807, 2.05) is 24.4 Å². The van der Waals surface area contributed by atoms with E-state index < -0.39 is 9.84 Å². The quantitative estimate of drug-likeness (QED) is 0.325. The normalized spacial score (nSPS) is 14.2. The Labute approximate surface area is 231 Å². The summed E-state index contributed by atoms with van der Waals surface area (Å²) in [7, 11) is -3.32. The number of rotatable bonds is 8. The van der Waals surface area contributed by atoms with Gasteiger partial charge in [-0.25, -0.2) is 13.4 Å². The fourth-order valence-corrected chi connectivity index (χ4v) is 5.53. The number of ether oxygens (including phenoxy) is 2. The number of hydrogen-bond acceptors (Lipinski definition) is 9. The Morgan fingerprint density at radius 1 is 1.10 bits per heavy atom. The van der Waals surface area contributed by atoms with E-state index in [0.29, 0.717) is 42.0 Å². The second-order valence-corrected chi connectivity index (χ2v) is 12.1. The van der Waals surface area contributed by atoms with E-state index in [9.17, 15) is 13.2 Å². The van der Waals surface area contributed by atoms with Gasteiger partial charge in [0.2, 0.25) is 0 Å². The third-order valence-corrected chi connectivity index (χ3v) is 8.14. The first kappa shape index (κ1) is 26.9. The lowest BCUT2D eigenvalue weighted by molar-refractivity contribution is 0.0337. The molecule has 0 aliphatic carbocycles. The van der Waals surface area contributed by atoms with Gasteiger partial charge in [-0.3, -0.25) is 20.0 Å². The van der Waals surface area contributed by atoms with Crippen molar-refractivity contribution >= 4 is 32.2 Å². The minimum Gasteiger partial charge on any atom is -0.457 e. The molecule has 1 aliphatic heterocycles. The minimum atomic E-state index is -3.32. The lowest BCUT2D eigenvalue weighted by Crippen LogP contribution is -2.35. The number of nitrogens with zero attached hydrogens (tertiary/aromatic N) is 3. The molecule has 4 aromatic rings. The molecule has 11 heteroatoms. The molecule has 0 radical (unpaired) electrons. The van der Waals surface area contributed by atoms with Crippen molar-refractivity contribution in [3.05, 3.63) is 83.0 Å². The summed E-state index contributed by atoms with van der Waals surface area (Å²) in [6, 6.07) is 15.2. The summed E-state index contributed by atoms with van der Waals surface area (Å²) in [6.07, 6.45) is 2.85. The summed E-state index contributed by atoms with van der Waals surface area (Å²) in [6.45, 7) is 5.81. The first-order chi connectivity index (χ1) is 18.7. The van der Waals surface area contributed by atoms with E-state index in [4.69, 9.17) is 9.47 Å². The number of aromatic nitrogens is 2. The number of morpholine rings is 1. The molecule has 0 saturated carbocycles. The summed E-state index contributed by atoms with van der Waals surface area (Å²) < 4.78 is 35.1. The average molecular weight is 565 g/mol. The van der Waals surface area contributed by atoms with E-state index in [-0.39, 0.29) is 10.8 Å². The van der Waals surface area contributed by atoms with Crippen LogP contribution < -0.4 is 10.1 Å². The smallest absolute Gasteiger partial charge is 0.257 e. The van der Waals surface area contributed by atoms with Crippen LogP contribution in [0.5, 0.6) is 11.5 Å². The Bertz CT molecular complexity index is 1580. The number of aryl methyl sites for hydroxylation is 1. The number of thiazole rings is 1. The molecule has 0 spiro atoms. The van der Waals surface area contributed by atoms with Gasteiger partial charge < -0.3 is 9.47 Å². The molecule has 39 heavy (non-hydrogen) atoms. The fraction of sp³-hybridized carbons (Fsp3) is 0.250. The first-order valence-electron chi connectivity index (χ1n) is 12.4. The molecule has 2 aromatic heterocycles. The van der Waals surface area contributed by atoms with Crippen LogP contribution in [0.1, 0.15) is 21.6 Å². The van der Waals surface area contributed by atoms with Crippen LogP contribution in [-0.4, -0.2) is 61.8 Å². The molecule has 9 nitrogen and oxygen atoms in total. The highest BCUT2D eigenvalue weighted by Crippen LogP contribution is 2.31. The lowest BCUT2D eigenvalue weighted by Gasteiger charge is -2.25. The van der Waals surface area contributed by atoms with E-state index in [0.717, 1.165) is 41.9 Å². The molecular weight excluding hydrogens is 536 g/mol. The van der Waals surface area contributed by atoms with Gasteiger partial charge in [0.05, 0.1) is 29.5 Å². The van der Waals surface area contributed by atoms with Gasteiger partial charge in [0, 0.05) is 48.6 Å². The molecule has 1 fully saturated rings. The minimum absolute atomic E-state index is 0.198. The summed E-state index contributed by atoms with van der Waals surface area (Å²) >= 11 is 1.38. The van der Waals surface area contributed by atoms with Crippen LogP contribution in [0.2, 0.25) is 0 Å². The number of nitrogens with one attached hydrogen (secondary N) is 1. The van der Waals surface area contributed by atoms with Crippen LogP contribution in [0.3, 0.4) is 0 Å². The maximum atomic E-state index is 13.3. The Balaban J connectivity index is 1.39. The Morgan fingerprint density at radius 3 is 2.59 bits per heavy atom. The second-order valence-electron chi connectivity index (χ2n) is 9.25. The number of sulfone groups is 1. The lowest BCUT2D eigenvalue weighted by atomic mass is 10.0. The standard InChI is InChI=1S/C28H28N4O5S2/c1-19-4-3-9-29-26(19)20-14-21(16-24(15-20)37-23-5-7-25(8-6-23)39(2,34)35)27(33)31-28-30-22(18-38-28)17-32-10-12-36-13-11-32/h3-9,14-16,18H,10-13,17H2,1-2H3,(H,30,31,33). The van der Waals surface area contributed by atoms with Gasteiger partial charge in [-0.1, -0.05) is 6.07 Å². The summed E-state index contributed by atoms with van der Waals surface area (Å²) in [5.74, 6) is 0.535. The zero-order valence-electron chi connectivity index (χ0n) is 21.6. The van der Waals surface area contributed by atoms with Crippen molar-refractivity contribution in [1.82, 2.24) is 14.9 Å². The molecule has 1 N–H and O–H groups in total. The maximum absolute atomic E-state index is 13.3. The maximum Gasteiger partial charge on any atom is 0.257 e. The number of benzene rings is 2. The van der Waals surface area contributed by atoms with E-state index in [1.54, 1.807) is 36.5 Å². The highest BCUT2D eigenvalue weighted by molar-refractivity contribution is 7.90. The van der Waals surface area contributed by atoms with Gasteiger partial charge in [-0.2, -0.15) is 0 Å². The SMILES string of the molecule is Cc1cccnc1-c1cc(Oc2ccc(S(C)(=O)=O)cc2)cc(C(=O)Nc2nc(CN3CCOCC3)cs2)c1. The number of anilines is 1. The number of pyridine rings is 1. The van der Waals surface area contributed by atoms with Crippen LogP contribution >= 0.6 is 11.3 Å². The topological polar surface area (TPSA) is 111 Å². The van der Waals surface area contributed by atoms with Gasteiger partial charge in [0.15, 0.2) is 15.0 Å². The highest BCUT2D eigenvalue weighted by atomic mass is 32.2. The van der Waals surface area contributed by atoms with Gasteiger partial charge in [-0.15, -0.1) is 11.3 Å². The van der Waals surface area contributed by atoms with Crippen LogP contribution in [-0.2, 0) is 21.1 Å². The largest absolute Gasteiger partial charge is 0.457 e. The van der Waals surface area contributed by atoms with Crippen LogP contribution in [0.25, 0.3) is 11.3 Å². The molecular formula is C28H28N4O5S2. The van der Waals surface area contributed by atoms with Crippen molar-refractivity contribution in [3.8, 4) is 22.8 Å². The second kappa shape index (κ2) is 11.6. The number of carbonyl (C=O) groups excluding carboxylic acids is 1. The fourth-order valence-electron chi connectivity index (χ4n) is 4.20. The molecule has 5 rings (SSSR count). The number of carbonyl (C=O) groups is 1. The van der Waals surface area contributed by atoms with Crippen LogP contribution in [0.15, 0.2) is 71.1 Å². The van der Waals surface area contributed by atoms with Crippen molar-refractivity contribution in [2.45, 2.75) is 18.4 Å². The molecule has 3 heterocycles. The van der Waals surface area contributed by atoms with Gasteiger partial charge >= 0.3 is 0 Å². The molecule has 2 aromatic carbocycles. The third kappa shape index (κ3) is 6.87. The van der Waals surface area contributed by atoms with Crippen molar-refractivity contribution < 1.29 is 22.7 Å². The van der Waals surface area contributed by atoms with Crippen LogP contribution in [0, 0.1) is 6.92 Å². The molecule has 0 unspecified atom stereocenters.